The van der Waals surface area contributed by atoms with Crippen molar-refractivity contribution in [2.45, 2.75) is 57.7 Å². The van der Waals surface area contributed by atoms with E-state index >= 15 is 0 Å². The van der Waals surface area contributed by atoms with Gasteiger partial charge in [0.2, 0.25) is 11.8 Å². The Hall–Kier alpha value is -2.41. The molecule has 1 atom stereocenters. The van der Waals surface area contributed by atoms with Crippen molar-refractivity contribution < 1.29 is 19.1 Å². The van der Waals surface area contributed by atoms with Crippen LogP contribution in [0.4, 0.5) is 0 Å². The number of carbonyl (C=O) groups is 3. The summed E-state index contributed by atoms with van der Waals surface area (Å²) in [6.07, 6.45) is 4.66. The highest BCUT2D eigenvalue weighted by Gasteiger charge is 2.53. The highest BCUT2D eigenvalue weighted by Crippen LogP contribution is 2.42. The van der Waals surface area contributed by atoms with Gasteiger partial charge in [-0.05, 0) is 44.2 Å². The van der Waals surface area contributed by atoms with Crippen LogP contribution in [-0.4, -0.2) is 77.0 Å². The smallest absolute Gasteiger partial charge is 0.257 e. The van der Waals surface area contributed by atoms with Crippen molar-refractivity contribution in [1.82, 2.24) is 14.7 Å². The lowest BCUT2D eigenvalue weighted by Crippen LogP contribution is -2.59. The summed E-state index contributed by atoms with van der Waals surface area (Å²) in [4.78, 5) is 44.1. The molecule has 1 spiro atoms. The predicted molar refractivity (Wildman–Crippen MR) is 112 cm³/mol. The van der Waals surface area contributed by atoms with Crippen molar-refractivity contribution in [3.63, 3.8) is 0 Å². The SMILES string of the molecule is CC(=O)N1CCN(C(=O)[C@H]2COC3(CCCCC3)N2C(=O)c2ccccc2C)CC1. The Morgan fingerprint density at radius 2 is 1.60 bits per heavy atom. The molecule has 1 aromatic rings. The van der Waals surface area contributed by atoms with Gasteiger partial charge in [-0.15, -0.1) is 0 Å². The van der Waals surface area contributed by atoms with Crippen LogP contribution >= 0.6 is 0 Å². The van der Waals surface area contributed by atoms with E-state index in [0.29, 0.717) is 31.7 Å². The second kappa shape index (κ2) is 8.38. The van der Waals surface area contributed by atoms with E-state index < -0.39 is 11.8 Å². The molecule has 4 rings (SSSR count). The summed E-state index contributed by atoms with van der Waals surface area (Å²) in [5.74, 6) is -0.153. The van der Waals surface area contributed by atoms with Gasteiger partial charge in [-0.2, -0.15) is 0 Å². The van der Waals surface area contributed by atoms with Gasteiger partial charge in [0.05, 0.1) is 6.61 Å². The number of rotatable bonds is 2. The predicted octanol–water partition coefficient (Wildman–Crippen LogP) is 2.19. The number of piperazine rings is 1. The first-order valence-corrected chi connectivity index (χ1v) is 11.0. The fourth-order valence-electron chi connectivity index (χ4n) is 5.06. The van der Waals surface area contributed by atoms with Crippen LogP contribution in [0.3, 0.4) is 0 Å². The first-order valence-electron chi connectivity index (χ1n) is 11.0. The first-order chi connectivity index (χ1) is 14.4. The Morgan fingerprint density at radius 1 is 0.967 bits per heavy atom. The summed E-state index contributed by atoms with van der Waals surface area (Å²) < 4.78 is 6.25. The molecule has 3 aliphatic rings. The van der Waals surface area contributed by atoms with E-state index in [4.69, 9.17) is 4.74 Å². The molecule has 7 nitrogen and oxygen atoms in total. The van der Waals surface area contributed by atoms with Crippen LogP contribution in [-0.2, 0) is 14.3 Å². The minimum atomic E-state index is -0.681. The lowest BCUT2D eigenvalue weighted by atomic mass is 9.89. The molecule has 2 saturated heterocycles. The van der Waals surface area contributed by atoms with Crippen LogP contribution < -0.4 is 0 Å². The van der Waals surface area contributed by atoms with Gasteiger partial charge in [0.25, 0.3) is 5.91 Å². The third-order valence-corrected chi connectivity index (χ3v) is 6.81. The topological polar surface area (TPSA) is 70.2 Å². The zero-order valence-electron chi connectivity index (χ0n) is 17.9. The van der Waals surface area contributed by atoms with Crippen LogP contribution in [0.2, 0.25) is 0 Å². The highest BCUT2D eigenvalue weighted by molar-refractivity contribution is 5.99. The van der Waals surface area contributed by atoms with Crippen molar-refractivity contribution in [2.24, 2.45) is 0 Å². The lowest BCUT2D eigenvalue weighted by molar-refractivity contribution is -0.142. The Morgan fingerprint density at radius 3 is 2.23 bits per heavy atom. The summed E-state index contributed by atoms with van der Waals surface area (Å²) in [6.45, 7) is 5.77. The molecular formula is C23H31N3O4. The number of benzene rings is 1. The molecule has 7 heteroatoms. The van der Waals surface area contributed by atoms with Crippen molar-refractivity contribution in [3.8, 4) is 0 Å². The van der Waals surface area contributed by atoms with E-state index in [1.807, 2.05) is 31.2 Å². The second-order valence-corrected chi connectivity index (χ2v) is 8.66. The maximum absolute atomic E-state index is 13.7. The fraction of sp³-hybridized carbons (Fsp3) is 0.609. The molecule has 1 aliphatic carbocycles. The zero-order valence-corrected chi connectivity index (χ0v) is 17.9. The van der Waals surface area contributed by atoms with E-state index in [1.54, 1.807) is 21.6 Å². The monoisotopic (exact) mass is 413 g/mol. The number of hydrogen-bond donors (Lipinski definition) is 0. The summed E-state index contributed by atoms with van der Waals surface area (Å²) in [5.41, 5.74) is 0.855. The molecule has 1 saturated carbocycles. The van der Waals surface area contributed by atoms with E-state index in [9.17, 15) is 14.4 Å². The van der Waals surface area contributed by atoms with Crippen LogP contribution in [0, 0.1) is 6.92 Å². The Kier molecular flexibility index (Phi) is 5.82. The summed E-state index contributed by atoms with van der Waals surface area (Å²) >= 11 is 0. The molecule has 30 heavy (non-hydrogen) atoms. The Balaban J connectivity index is 1.60. The van der Waals surface area contributed by atoms with Gasteiger partial charge in [0.15, 0.2) is 0 Å². The van der Waals surface area contributed by atoms with E-state index in [2.05, 4.69) is 0 Å². The van der Waals surface area contributed by atoms with E-state index in [0.717, 1.165) is 37.7 Å². The maximum atomic E-state index is 13.7. The molecule has 0 unspecified atom stereocenters. The normalized spacial score (nSPS) is 23.7. The van der Waals surface area contributed by atoms with Crippen LogP contribution in [0.25, 0.3) is 0 Å². The second-order valence-electron chi connectivity index (χ2n) is 8.66. The van der Waals surface area contributed by atoms with Crippen molar-refractivity contribution in [2.75, 3.05) is 32.8 Å². The lowest BCUT2D eigenvalue weighted by Gasteiger charge is -2.43. The number of hydrogen-bond acceptors (Lipinski definition) is 4. The van der Waals surface area contributed by atoms with Gasteiger partial charge in [-0.25, -0.2) is 0 Å². The van der Waals surface area contributed by atoms with Crippen LogP contribution in [0.1, 0.15) is 54.9 Å². The van der Waals surface area contributed by atoms with Gasteiger partial charge in [-0.3, -0.25) is 19.3 Å². The first kappa shape index (κ1) is 20.8. The van der Waals surface area contributed by atoms with Crippen molar-refractivity contribution in [3.05, 3.63) is 35.4 Å². The fourth-order valence-corrected chi connectivity index (χ4v) is 5.06. The summed E-state index contributed by atoms with van der Waals surface area (Å²) in [6, 6.07) is 6.93. The number of nitrogens with zero attached hydrogens (tertiary/aromatic N) is 3. The number of ether oxygens (including phenoxy) is 1. The van der Waals surface area contributed by atoms with Crippen LogP contribution in [0.15, 0.2) is 24.3 Å². The van der Waals surface area contributed by atoms with E-state index in [1.165, 1.54) is 0 Å². The molecular weight excluding hydrogens is 382 g/mol. The number of amides is 3. The molecule has 0 N–H and O–H groups in total. The minimum absolute atomic E-state index is 0.0313. The van der Waals surface area contributed by atoms with Gasteiger partial charge < -0.3 is 14.5 Å². The maximum Gasteiger partial charge on any atom is 0.257 e. The van der Waals surface area contributed by atoms with Crippen LogP contribution in [0.5, 0.6) is 0 Å². The average Bonchev–Trinajstić information content (AvgIpc) is 3.11. The Labute approximate surface area is 177 Å². The van der Waals surface area contributed by atoms with Crippen molar-refractivity contribution in [1.29, 1.82) is 0 Å². The summed E-state index contributed by atoms with van der Waals surface area (Å²) in [7, 11) is 0. The molecule has 0 bridgehead atoms. The molecule has 3 fully saturated rings. The largest absolute Gasteiger partial charge is 0.353 e. The van der Waals surface area contributed by atoms with Gasteiger partial charge >= 0.3 is 0 Å². The summed E-state index contributed by atoms with van der Waals surface area (Å²) in [5, 5.41) is 0. The standard InChI is InChI=1S/C23H31N3O4/c1-17-8-4-5-9-19(17)21(28)26-20(16-30-23(26)10-6-3-7-11-23)22(29)25-14-12-24(13-15-25)18(2)27/h4-5,8-9,20H,3,6-7,10-16H2,1-2H3/t20-/m1/s1. The third-order valence-electron chi connectivity index (χ3n) is 6.81. The Bertz CT molecular complexity index is 825. The number of carbonyl (C=O) groups excluding carboxylic acids is 3. The third kappa shape index (κ3) is 3.71. The van der Waals surface area contributed by atoms with E-state index in [-0.39, 0.29) is 24.3 Å². The quantitative estimate of drug-likeness (QED) is 0.745. The number of aryl methyl sites for hydroxylation is 1. The van der Waals surface area contributed by atoms with Gasteiger partial charge in [0.1, 0.15) is 11.8 Å². The van der Waals surface area contributed by atoms with Gasteiger partial charge in [-0.1, -0.05) is 24.6 Å². The molecule has 3 amide bonds. The average molecular weight is 414 g/mol. The molecule has 1 aromatic carbocycles. The van der Waals surface area contributed by atoms with Crippen molar-refractivity contribution >= 4 is 17.7 Å². The molecule has 2 heterocycles. The molecule has 0 aromatic heterocycles. The van der Waals surface area contributed by atoms with Gasteiger partial charge in [0, 0.05) is 38.7 Å². The minimum Gasteiger partial charge on any atom is -0.353 e. The zero-order chi connectivity index (χ0) is 21.3. The highest BCUT2D eigenvalue weighted by atomic mass is 16.5. The molecule has 0 radical (unpaired) electrons. The molecule has 162 valence electrons. The molecule has 2 aliphatic heterocycles.